The normalized spacial score (nSPS) is 10.7. The van der Waals surface area contributed by atoms with Crippen LogP contribution in [0, 0.1) is 12.3 Å². The Balaban J connectivity index is 3.20. The molecule has 0 unspecified atom stereocenters. The molecule has 12 heavy (non-hydrogen) atoms. The molecule has 1 aromatic rings. The van der Waals surface area contributed by atoms with Gasteiger partial charge >= 0.3 is 0 Å². The van der Waals surface area contributed by atoms with Gasteiger partial charge in [-0.05, 0) is 12.1 Å². The number of rotatable bonds is 1. The van der Waals surface area contributed by atoms with Gasteiger partial charge in [-0.2, -0.15) is 0 Å². The third kappa shape index (κ3) is 1.83. The molecule has 1 heterocycles. The molecule has 0 amide bonds. The van der Waals surface area contributed by atoms with Crippen LogP contribution in [0.15, 0.2) is 23.4 Å². The lowest BCUT2D eigenvalue weighted by Gasteiger charge is -1.95. The first-order valence-corrected chi connectivity index (χ1v) is 5.06. The molecule has 1 rings (SSSR count). The molecule has 0 aliphatic rings. The second-order valence-corrected chi connectivity index (χ2v) is 4.26. The monoisotopic (exact) mass is 181 g/mol. The largest absolute Gasteiger partial charge is 0.243 e. The molecule has 0 radical (unpaired) electrons. The molecule has 62 valence electrons. The van der Waals surface area contributed by atoms with Crippen LogP contribution in [0.3, 0.4) is 0 Å². The van der Waals surface area contributed by atoms with Crippen molar-refractivity contribution in [1.82, 2.24) is 4.98 Å². The number of pyridine rings is 1. The Kier molecular flexibility index (Phi) is 2.15. The zero-order valence-electron chi connectivity index (χ0n) is 6.48. The van der Waals surface area contributed by atoms with E-state index < -0.39 is 9.84 Å². The molecule has 0 aliphatic carbocycles. The highest BCUT2D eigenvalue weighted by Crippen LogP contribution is 2.04. The summed E-state index contributed by atoms with van der Waals surface area (Å²) in [6, 6.07) is 2.94. The molecular weight excluding hydrogens is 174 g/mol. The number of hydrogen-bond acceptors (Lipinski definition) is 3. The fraction of sp³-hybridized carbons (Fsp3) is 0.125. The van der Waals surface area contributed by atoms with Crippen molar-refractivity contribution in [1.29, 1.82) is 0 Å². The molecule has 0 saturated carbocycles. The first kappa shape index (κ1) is 8.75. The molecule has 0 N–H and O–H groups in total. The minimum atomic E-state index is -3.21. The van der Waals surface area contributed by atoms with Crippen LogP contribution in [0.1, 0.15) is 5.56 Å². The van der Waals surface area contributed by atoms with Crippen LogP contribution in [-0.2, 0) is 9.84 Å². The predicted molar refractivity (Wildman–Crippen MR) is 45.3 cm³/mol. The molecule has 0 fully saturated rings. The van der Waals surface area contributed by atoms with Gasteiger partial charge in [0.05, 0.1) is 0 Å². The minimum absolute atomic E-state index is 0.0431. The Morgan fingerprint density at radius 2 is 2.17 bits per heavy atom. The van der Waals surface area contributed by atoms with Gasteiger partial charge in [0.15, 0.2) is 14.9 Å². The molecule has 0 spiro atoms. The topological polar surface area (TPSA) is 47.0 Å². The van der Waals surface area contributed by atoms with Crippen LogP contribution < -0.4 is 0 Å². The van der Waals surface area contributed by atoms with E-state index in [1.807, 2.05) is 0 Å². The van der Waals surface area contributed by atoms with Gasteiger partial charge in [0.2, 0.25) is 0 Å². The summed E-state index contributed by atoms with van der Waals surface area (Å²) in [7, 11) is -3.21. The van der Waals surface area contributed by atoms with Crippen LogP contribution in [0.2, 0.25) is 0 Å². The Hall–Kier alpha value is -1.34. The van der Waals surface area contributed by atoms with Crippen molar-refractivity contribution in [3.8, 4) is 12.3 Å². The van der Waals surface area contributed by atoms with E-state index in [0.29, 0.717) is 5.56 Å². The van der Waals surface area contributed by atoms with E-state index in [1.54, 1.807) is 6.07 Å². The number of sulfone groups is 1. The fourth-order valence-electron chi connectivity index (χ4n) is 0.685. The van der Waals surface area contributed by atoms with E-state index >= 15 is 0 Å². The van der Waals surface area contributed by atoms with Crippen LogP contribution in [0.5, 0.6) is 0 Å². The van der Waals surface area contributed by atoms with Crippen molar-refractivity contribution in [3.05, 3.63) is 23.9 Å². The maximum Gasteiger partial charge on any atom is 0.192 e. The average Bonchev–Trinajstić information content (AvgIpc) is 2.03. The molecule has 0 saturated heterocycles. The summed E-state index contributed by atoms with van der Waals surface area (Å²) in [4.78, 5) is 3.69. The summed E-state index contributed by atoms with van der Waals surface area (Å²) < 4.78 is 21.8. The number of hydrogen-bond donors (Lipinski definition) is 0. The molecular formula is C8H7NO2S. The maximum absolute atomic E-state index is 10.9. The first-order valence-electron chi connectivity index (χ1n) is 3.17. The number of aromatic nitrogens is 1. The maximum atomic E-state index is 10.9. The smallest absolute Gasteiger partial charge is 0.192 e. The SMILES string of the molecule is C#Cc1ccc(S(C)(=O)=O)nc1. The lowest BCUT2D eigenvalue weighted by molar-refractivity contribution is 0.598. The summed E-state index contributed by atoms with van der Waals surface area (Å²) in [5.74, 6) is 2.35. The highest BCUT2D eigenvalue weighted by atomic mass is 32.2. The highest BCUT2D eigenvalue weighted by Gasteiger charge is 2.06. The lowest BCUT2D eigenvalue weighted by atomic mass is 10.3. The molecule has 0 bridgehead atoms. The Bertz CT molecular complexity index is 411. The van der Waals surface area contributed by atoms with E-state index in [1.165, 1.54) is 12.3 Å². The van der Waals surface area contributed by atoms with Crippen molar-refractivity contribution < 1.29 is 8.42 Å². The van der Waals surface area contributed by atoms with Gasteiger partial charge in [-0.15, -0.1) is 6.42 Å². The van der Waals surface area contributed by atoms with Gasteiger partial charge < -0.3 is 0 Å². The second-order valence-electron chi connectivity index (χ2n) is 2.30. The summed E-state index contributed by atoms with van der Waals surface area (Å²) in [6.45, 7) is 0. The van der Waals surface area contributed by atoms with E-state index in [2.05, 4.69) is 10.9 Å². The van der Waals surface area contributed by atoms with Crippen LogP contribution in [-0.4, -0.2) is 19.7 Å². The van der Waals surface area contributed by atoms with Crippen molar-refractivity contribution in [2.24, 2.45) is 0 Å². The van der Waals surface area contributed by atoms with Crippen LogP contribution in [0.4, 0.5) is 0 Å². The summed E-state index contributed by atoms with van der Waals surface area (Å²) in [5.41, 5.74) is 0.572. The lowest BCUT2D eigenvalue weighted by Crippen LogP contribution is -1.99. The van der Waals surface area contributed by atoms with E-state index in [9.17, 15) is 8.42 Å². The zero-order chi connectivity index (χ0) is 9.19. The summed E-state index contributed by atoms with van der Waals surface area (Å²) in [5, 5.41) is 0.0431. The Labute approximate surface area is 71.4 Å². The fourth-order valence-corrected chi connectivity index (χ4v) is 1.24. The molecule has 4 heteroatoms. The third-order valence-electron chi connectivity index (χ3n) is 1.28. The standard InChI is InChI=1S/C8H7NO2S/c1-3-7-4-5-8(9-6-7)12(2,10)11/h1,4-6H,2H3. The van der Waals surface area contributed by atoms with Gasteiger partial charge in [0.1, 0.15) is 0 Å². The molecule has 0 atom stereocenters. The summed E-state index contributed by atoms with van der Waals surface area (Å²) >= 11 is 0. The van der Waals surface area contributed by atoms with Crippen LogP contribution in [0.25, 0.3) is 0 Å². The molecule has 0 aromatic carbocycles. The Morgan fingerprint density at radius 3 is 2.50 bits per heavy atom. The number of terminal acetylenes is 1. The second kappa shape index (κ2) is 2.95. The minimum Gasteiger partial charge on any atom is -0.243 e. The van der Waals surface area contributed by atoms with Crippen LogP contribution >= 0.6 is 0 Å². The Morgan fingerprint density at radius 1 is 1.50 bits per heavy atom. The van der Waals surface area contributed by atoms with Gasteiger partial charge in [-0.1, -0.05) is 5.92 Å². The van der Waals surface area contributed by atoms with E-state index in [-0.39, 0.29) is 5.03 Å². The van der Waals surface area contributed by atoms with Crippen molar-refractivity contribution >= 4 is 9.84 Å². The third-order valence-corrected chi connectivity index (χ3v) is 2.28. The van der Waals surface area contributed by atoms with Gasteiger partial charge in [0.25, 0.3) is 0 Å². The van der Waals surface area contributed by atoms with Crippen molar-refractivity contribution in [3.63, 3.8) is 0 Å². The first-order chi connectivity index (χ1) is 5.54. The number of nitrogens with zero attached hydrogens (tertiary/aromatic N) is 1. The quantitative estimate of drug-likeness (QED) is 0.591. The van der Waals surface area contributed by atoms with Gasteiger partial charge in [-0.25, -0.2) is 13.4 Å². The molecule has 0 aliphatic heterocycles. The van der Waals surface area contributed by atoms with Gasteiger partial charge in [-0.3, -0.25) is 0 Å². The average molecular weight is 181 g/mol. The van der Waals surface area contributed by atoms with Gasteiger partial charge in [0, 0.05) is 18.0 Å². The van der Waals surface area contributed by atoms with E-state index in [0.717, 1.165) is 6.26 Å². The van der Waals surface area contributed by atoms with Crippen molar-refractivity contribution in [2.75, 3.05) is 6.26 Å². The van der Waals surface area contributed by atoms with Crippen molar-refractivity contribution in [2.45, 2.75) is 5.03 Å². The predicted octanol–water partition coefficient (Wildman–Crippen LogP) is 0.466. The van der Waals surface area contributed by atoms with E-state index in [4.69, 9.17) is 6.42 Å². The molecule has 1 aromatic heterocycles. The highest BCUT2D eigenvalue weighted by molar-refractivity contribution is 7.90. The zero-order valence-corrected chi connectivity index (χ0v) is 7.30. The molecule has 3 nitrogen and oxygen atoms in total. The summed E-state index contributed by atoms with van der Waals surface area (Å²) in [6.07, 6.45) is 7.53.